The molecule has 58 heavy (non-hydrogen) atoms. The van der Waals surface area contributed by atoms with Gasteiger partial charge in [0.1, 0.15) is 11.2 Å². The van der Waals surface area contributed by atoms with Crippen molar-refractivity contribution in [2.75, 3.05) is 0 Å². The zero-order valence-electron chi connectivity index (χ0n) is 31.0. The predicted octanol–water partition coefficient (Wildman–Crippen LogP) is 13.8. The first-order chi connectivity index (χ1) is 28.7. The van der Waals surface area contributed by atoms with Crippen LogP contribution in [0.1, 0.15) is 0 Å². The summed E-state index contributed by atoms with van der Waals surface area (Å²) in [6.45, 7) is 7.64. The monoisotopic (exact) mass is 741 g/mol. The summed E-state index contributed by atoms with van der Waals surface area (Å²) >= 11 is 0. The third-order valence-corrected chi connectivity index (χ3v) is 10.9. The van der Waals surface area contributed by atoms with E-state index in [-0.39, 0.29) is 0 Å². The Morgan fingerprint density at radius 2 is 0.948 bits per heavy atom. The second-order valence-corrected chi connectivity index (χ2v) is 14.3. The first-order valence-electron chi connectivity index (χ1n) is 19.1. The first kappa shape index (κ1) is 33.2. The van der Waals surface area contributed by atoms with E-state index in [1.807, 2.05) is 97.1 Å². The molecule has 0 aliphatic heterocycles. The van der Waals surface area contributed by atoms with Crippen LogP contribution in [-0.2, 0) is 0 Å². The Bertz CT molecular complexity index is 3360. The SMILES string of the molecule is [C-]#[N+]c1cccc(-c2ccc3c4ccccc4n(-c4ccc(-c5ccc6c(c5)oc5ccccc56)cc4-c4nc(-c5ccccc5)nc(-c5ccccc5)n4)c3c2)c1. The molecule has 0 amide bonds. The molecule has 0 unspecified atom stereocenters. The van der Waals surface area contributed by atoms with Crippen molar-refractivity contribution in [3.8, 4) is 62.1 Å². The van der Waals surface area contributed by atoms with Gasteiger partial charge in [0.05, 0.1) is 23.3 Å². The molecule has 270 valence electrons. The smallest absolute Gasteiger partial charge is 0.187 e. The summed E-state index contributed by atoms with van der Waals surface area (Å²) in [5.74, 6) is 1.74. The van der Waals surface area contributed by atoms with Gasteiger partial charge in [-0.2, -0.15) is 0 Å². The Labute approximate surface area is 333 Å². The van der Waals surface area contributed by atoms with Gasteiger partial charge in [-0.15, -0.1) is 0 Å². The Morgan fingerprint density at radius 3 is 1.71 bits per heavy atom. The maximum absolute atomic E-state index is 7.64. The van der Waals surface area contributed by atoms with Crippen LogP contribution in [-0.4, -0.2) is 19.5 Å². The van der Waals surface area contributed by atoms with E-state index in [1.54, 1.807) is 0 Å². The highest BCUT2D eigenvalue weighted by atomic mass is 16.3. The van der Waals surface area contributed by atoms with Gasteiger partial charge in [0, 0.05) is 38.2 Å². The van der Waals surface area contributed by atoms with Gasteiger partial charge < -0.3 is 8.98 Å². The average molecular weight is 742 g/mol. The normalized spacial score (nSPS) is 11.4. The van der Waals surface area contributed by atoms with Crippen molar-refractivity contribution >= 4 is 49.4 Å². The van der Waals surface area contributed by atoms with Crippen LogP contribution < -0.4 is 0 Å². The van der Waals surface area contributed by atoms with Crippen LogP contribution in [0.3, 0.4) is 0 Å². The molecule has 0 saturated carbocycles. The van der Waals surface area contributed by atoms with Crippen LogP contribution >= 0.6 is 0 Å². The van der Waals surface area contributed by atoms with Crippen molar-refractivity contribution in [3.05, 3.63) is 199 Å². The number of hydrogen-bond acceptors (Lipinski definition) is 4. The molecule has 0 saturated heterocycles. The molecule has 0 aliphatic carbocycles. The van der Waals surface area contributed by atoms with E-state index in [0.717, 1.165) is 88.4 Å². The third kappa shape index (κ3) is 5.61. The van der Waals surface area contributed by atoms with Crippen molar-refractivity contribution in [3.63, 3.8) is 0 Å². The van der Waals surface area contributed by atoms with Crippen LogP contribution in [0.5, 0.6) is 0 Å². The van der Waals surface area contributed by atoms with Gasteiger partial charge >= 0.3 is 0 Å². The molecule has 6 nitrogen and oxygen atoms in total. The maximum atomic E-state index is 7.64. The van der Waals surface area contributed by atoms with E-state index < -0.39 is 0 Å². The van der Waals surface area contributed by atoms with Crippen LogP contribution in [0.4, 0.5) is 5.69 Å². The number of furan rings is 1. The minimum absolute atomic E-state index is 0.557. The van der Waals surface area contributed by atoms with Gasteiger partial charge in [-0.05, 0) is 70.8 Å². The second-order valence-electron chi connectivity index (χ2n) is 14.3. The number of rotatable bonds is 6. The largest absolute Gasteiger partial charge is 0.456 e. The topological polar surface area (TPSA) is 61.1 Å². The predicted molar refractivity (Wildman–Crippen MR) is 235 cm³/mol. The van der Waals surface area contributed by atoms with Crippen LogP contribution in [0.2, 0.25) is 0 Å². The van der Waals surface area contributed by atoms with Crippen molar-refractivity contribution in [2.45, 2.75) is 0 Å². The Hall–Kier alpha value is -8.14. The molecule has 0 spiro atoms. The minimum Gasteiger partial charge on any atom is -0.456 e. The number of fused-ring (bicyclic) bond motifs is 6. The van der Waals surface area contributed by atoms with Crippen molar-refractivity contribution in [1.29, 1.82) is 0 Å². The maximum Gasteiger partial charge on any atom is 0.187 e. The van der Waals surface area contributed by atoms with E-state index in [2.05, 4.69) is 100 Å². The second kappa shape index (κ2) is 13.6. The van der Waals surface area contributed by atoms with E-state index >= 15 is 0 Å². The lowest BCUT2D eigenvalue weighted by Crippen LogP contribution is -2.04. The molecule has 3 aromatic heterocycles. The number of benzene rings is 8. The van der Waals surface area contributed by atoms with Crippen LogP contribution in [0, 0.1) is 6.57 Å². The molecule has 0 radical (unpaired) electrons. The number of aromatic nitrogens is 4. The van der Waals surface area contributed by atoms with Crippen molar-refractivity contribution in [1.82, 2.24) is 19.5 Å². The van der Waals surface area contributed by atoms with Gasteiger partial charge in [0.25, 0.3) is 0 Å². The third-order valence-electron chi connectivity index (χ3n) is 10.9. The molecule has 3 heterocycles. The molecule has 0 aliphatic rings. The van der Waals surface area contributed by atoms with Gasteiger partial charge in [-0.3, -0.25) is 0 Å². The summed E-state index contributed by atoms with van der Waals surface area (Å²) < 4.78 is 8.67. The fraction of sp³-hybridized carbons (Fsp3) is 0. The van der Waals surface area contributed by atoms with Crippen molar-refractivity contribution < 1.29 is 4.42 Å². The highest BCUT2D eigenvalue weighted by molar-refractivity contribution is 6.11. The lowest BCUT2D eigenvalue weighted by Gasteiger charge is -2.16. The average Bonchev–Trinajstić information content (AvgIpc) is 3.84. The molecule has 6 heteroatoms. The Balaban J connectivity index is 1.20. The van der Waals surface area contributed by atoms with E-state index in [0.29, 0.717) is 23.2 Å². The quantitative estimate of drug-likeness (QED) is 0.159. The summed E-state index contributed by atoms with van der Waals surface area (Å²) in [5, 5.41) is 4.43. The molecular weight excluding hydrogens is 711 g/mol. The molecule has 0 bridgehead atoms. The summed E-state index contributed by atoms with van der Waals surface area (Å²) in [5.41, 5.74) is 12.0. The highest BCUT2D eigenvalue weighted by Crippen LogP contribution is 2.41. The zero-order chi connectivity index (χ0) is 38.6. The van der Waals surface area contributed by atoms with Gasteiger partial charge in [0.2, 0.25) is 0 Å². The Kier molecular flexibility index (Phi) is 7.76. The highest BCUT2D eigenvalue weighted by Gasteiger charge is 2.21. The lowest BCUT2D eigenvalue weighted by molar-refractivity contribution is 0.669. The standard InChI is InChI=1S/C52H31N5O/c1-53-39-18-12-17-35(29-39)37-23-26-41-40-19-8-10-21-45(40)57(47(41)31-37)46-28-25-36(38-24-27-43-42-20-9-11-22-48(42)58-49(43)32-38)30-44(46)52-55-50(33-13-4-2-5-14-33)54-51(56-52)34-15-6-3-7-16-34/h2-32H. The fourth-order valence-electron chi connectivity index (χ4n) is 8.09. The van der Waals surface area contributed by atoms with Gasteiger partial charge in [-0.25, -0.2) is 19.8 Å². The number of nitrogens with zero attached hydrogens (tertiary/aromatic N) is 5. The number of para-hydroxylation sites is 2. The Morgan fingerprint density at radius 1 is 0.397 bits per heavy atom. The molecule has 0 N–H and O–H groups in total. The molecule has 0 fully saturated rings. The first-order valence-corrected chi connectivity index (χ1v) is 19.1. The molecule has 0 atom stereocenters. The molecule has 8 aromatic carbocycles. The zero-order valence-corrected chi connectivity index (χ0v) is 31.0. The van der Waals surface area contributed by atoms with Gasteiger partial charge in [-0.1, -0.05) is 140 Å². The number of hydrogen-bond donors (Lipinski definition) is 0. The molecule has 11 aromatic rings. The van der Waals surface area contributed by atoms with Crippen LogP contribution in [0.15, 0.2) is 192 Å². The minimum atomic E-state index is 0.557. The molecule has 11 rings (SSSR count). The molecular formula is C52H31N5O. The van der Waals surface area contributed by atoms with Crippen molar-refractivity contribution in [2.24, 2.45) is 0 Å². The summed E-state index contributed by atoms with van der Waals surface area (Å²) in [4.78, 5) is 19.2. The summed E-state index contributed by atoms with van der Waals surface area (Å²) in [7, 11) is 0. The van der Waals surface area contributed by atoms with Crippen LogP contribution in [0.25, 0.3) is 111 Å². The van der Waals surface area contributed by atoms with Gasteiger partial charge in [0.15, 0.2) is 23.2 Å². The lowest BCUT2D eigenvalue weighted by atomic mass is 9.99. The van der Waals surface area contributed by atoms with E-state index in [1.165, 1.54) is 0 Å². The summed E-state index contributed by atoms with van der Waals surface area (Å²) in [6.07, 6.45) is 0. The summed E-state index contributed by atoms with van der Waals surface area (Å²) in [6, 6.07) is 64.1. The van der Waals surface area contributed by atoms with E-state index in [9.17, 15) is 0 Å². The van der Waals surface area contributed by atoms with E-state index in [4.69, 9.17) is 25.9 Å². The fourth-order valence-corrected chi connectivity index (χ4v) is 8.09.